The number of aliphatic hydroxyl groups is 1. The highest BCUT2D eigenvalue weighted by Crippen LogP contribution is 1.99. The van der Waals surface area contributed by atoms with Crippen LogP contribution in [0.25, 0.3) is 0 Å². The van der Waals surface area contributed by atoms with Gasteiger partial charge < -0.3 is 15.0 Å². The van der Waals surface area contributed by atoms with E-state index in [-0.39, 0.29) is 6.42 Å². The Balaban J connectivity index is 3.68. The summed E-state index contributed by atoms with van der Waals surface area (Å²) in [6, 6.07) is 0. The molecule has 0 aromatic heterocycles. The molecule has 0 bridgehead atoms. The van der Waals surface area contributed by atoms with Crippen LogP contribution in [-0.4, -0.2) is 17.2 Å². The van der Waals surface area contributed by atoms with Crippen LogP contribution in [0.3, 0.4) is 0 Å². The Morgan fingerprint density at radius 3 is 2.43 bits per heavy atom. The van der Waals surface area contributed by atoms with Crippen LogP contribution in [0.2, 0.25) is 0 Å². The zero-order valence-electron chi connectivity index (χ0n) is 14.1. The van der Waals surface area contributed by atoms with Crippen molar-refractivity contribution in [1.82, 2.24) is 0 Å². The summed E-state index contributed by atoms with van der Waals surface area (Å²) in [5.41, 5.74) is 0. The first-order valence-electron chi connectivity index (χ1n) is 8.33. The minimum absolute atomic E-state index is 0.115. The van der Waals surface area contributed by atoms with Crippen molar-refractivity contribution in [3.05, 3.63) is 60.8 Å². The Morgan fingerprint density at radius 2 is 1.70 bits per heavy atom. The second-order valence-corrected chi connectivity index (χ2v) is 5.17. The third kappa shape index (κ3) is 18.1. The number of rotatable bonds is 13. The summed E-state index contributed by atoms with van der Waals surface area (Å²) in [5, 5.41) is 19.9. The van der Waals surface area contributed by atoms with Crippen molar-refractivity contribution in [2.45, 2.75) is 58.0 Å². The minimum atomic E-state index is -0.991. The van der Waals surface area contributed by atoms with Crippen LogP contribution in [0.5, 0.6) is 0 Å². The molecule has 0 heterocycles. The number of hydrogen-bond acceptors (Lipinski definition) is 3. The number of hydrogen-bond donors (Lipinski definition) is 1. The molecule has 0 fully saturated rings. The molecule has 0 saturated carbocycles. The average Bonchev–Trinajstić information content (AvgIpc) is 2.52. The first-order valence-corrected chi connectivity index (χ1v) is 8.33. The van der Waals surface area contributed by atoms with E-state index in [0.29, 0.717) is 12.8 Å². The van der Waals surface area contributed by atoms with E-state index in [2.05, 4.69) is 25.2 Å². The van der Waals surface area contributed by atoms with E-state index in [0.717, 1.165) is 25.7 Å². The summed E-state index contributed by atoms with van der Waals surface area (Å²) < 4.78 is 0. The fourth-order valence-electron chi connectivity index (χ4n) is 1.76. The van der Waals surface area contributed by atoms with E-state index in [1.807, 2.05) is 36.5 Å². The van der Waals surface area contributed by atoms with Gasteiger partial charge in [0.05, 0.1) is 6.10 Å². The van der Waals surface area contributed by atoms with Crippen molar-refractivity contribution < 1.29 is 15.0 Å². The molecule has 0 aromatic carbocycles. The molecule has 23 heavy (non-hydrogen) atoms. The molecule has 0 amide bonds. The van der Waals surface area contributed by atoms with Gasteiger partial charge in [-0.05, 0) is 44.9 Å². The molecule has 128 valence electrons. The molecular weight excluding hydrogens is 288 g/mol. The number of unbranched alkanes of at least 4 members (excludes halogenated alkanes) is 1. The largest absolute Gasteiger partial charge is 0.550 e. The quantitative estimate of drug-likeness (QED) is 0.320. The summed E-state index contributed by atoms with van der Waals surface area (Å²) in [4.78, 5) is 10.2. The highest BCUT2D eigenvalue weighted by atomic mass is 16.4. The van der Waals surface area contributed by atoms with E-state index in [4.69, 9.17) is 0 Å². The molecule has 1 unspecified atom stereocenters. The average molecular weight is 317 g/mol. The van der Waals surface area contributed by atoms with Gasteiger partial charge in [-0.2, -0.15) is 0 Å². The van der Waals surface area contributed by atoms with Gasteiger partial charge in [0, 0.05) is 5.97 Å². The summed E-state index contributed by atoms with van der Waals surface area (Å²) in [5.74, 6) is -0.991. The van der Waals surface area contributed by atoms with Crippen molar-refractivity contribution in [1.29, 1.82) is 0 Å². The Kier molecular flexibility index (Phi) is 15.2. The number of aliphatic carboxylic acids is 1. The highest BCUT2D eigenvalue weighted by Gasteiger charge is 1.92. The topological polar surface area (TPSA) is 60.4 Å². The smallest absolute Gasteiger partial charge is 0.0758 e. The first kappa shape index (κ1) is 21.1. The maximum Gasteiger partial charge on any atom is 0.0758 e. The van der Waals surface area contributed by atoms with Crippen molar-refractivity contribution in [2.75, 3.05) is 0 Å². The van der Waals surface area contributed by atoms with Gasteiger partial charge in [0.2, 0.25) is 0 Å². The summed E-state index contributed by atoms with van der Waals surface area (Å²) in [6.45, 7) is 2.11. The van der Waals surface area contributed by atoms with Crippen molar-refractivity contribution >= 4 is 5.97 Å². The predicted octanol–water partition coefficient (Wildman–Crippen LogP) is 3.63. The number of carboxylic acids is 1. The van der Waals surface area contributed by atoms with Crippen LogP contribution < -0.4 is 5.11 Å². The molecule has 0 saturated heterocycles. The van der Waals surface area contributed by atoms with E-state index in [1.54, 1.807) is 6.08 Å². The lowest BCUT2D eigenvalue weighted by Gasteiger charge is -1.98. The normalized spacial score (nSPS) is 14.2. The van der Waals surface area contributed by atoms with Gasteiger partial charge in [0.15, 0.2) is 0 Å². The van der Waals surface area contributed by atoms with E-state index >= 15 is 0 Å². The fraction of sp³-hybridized carbons (Fsp3) is 0.450. The maximum atomic E-state index is 10.2. The maximum absolute atomic E-state index is 10.2. The van der Waals surface area contributed by atoms with Crippen molar-refractivity contribution in [2.24, 2.45) is 0 Å². The Hall–Kier alpha value is -1.87. The highest BCUT2D eigenvalue weighted by molar-refractivity contribution is 5.64. The standard InChI is InChI=1S/C20H30O3/c1-2-3-4-5-10-13-16-19(21)17-14-11-8-6-7-9-12-15-18-20(22)23/h3-4,7-11,13-14,17,19,21H,2,5-6,12,15-16,18H2,1H3,(H,22,23)/p-1/b4-3-,9-7-,11-8-,13-10-,17-14+. The van der Waals surface area contributed by atoms with Crippen LogP contribution in [0, 0.1) is 0 Å². The second kappa shape index (κ2) is 16.5. The van der Waals surface area contributed by atoms with E-state index < -0.39 is 12.1 Å². The van der Waals surface area contributed by atoms with Gasteiger partial charge in [-0.15, -0.1) is 0 Å². The minimum Gasteiger partial charge on any atom is -0.550 e. The van der Waals surface area contributed by atoms with Gasteiger partial charge in [-0.3, -0.25) is 0 Å². The van der Waals surface area contributed by atoms with Crippen LogP contribution in [-0.2, 0) is 4.79 Å². The molecule has 3 nitrogen and oxygen atoms in total. The van der Waals surface area contributed by atoms with Gasteiger partial charge in [0.25, 0.3) is 0 Å². The molecule has 0 aliphatic heterocycles. The summed E-state index contributed by atoms with van der Waals surface area (Å²) in [7, 11) is 0. The number of carboxylic acid groups (broad SMARTS) is 1. The fourth-order valence-corrected chi connectivity index (χ4v) is 1.76. The van der Waals surface area contributed by atoms with Crippen LogP contribution in [0.4, 0.5) is 0 Å². The zero-order valence-corrected chi connectivity index (χ0v) is 14.1. The molecule has 1 N–H and O–H groups in total. The third-order valence-corrected chi connectivity index (χ3v) is 2.99. The van der Waals surface area contributed by atoms with Crippen molar-refractivity contribution in [3.63, 3.8) is 0 Å². The second-order valence-electron chi connectivity index (χ2n) is 5.17. The molecule has 1 atom stereocenters. The number of carbonyl (C=O) groups is 1. The first-order chi connectivity index (χ1) is 11.2. The van der Waals surface area contributed by atoms with Crippen LogP contribution in [0.15, 0.2) is 60.8 Å². The van der Waals surface area contributed by atoms with Gasteiger partial charge in [0.1, 0.15) is 0 Å². The van der Waals surface area contributed by atoms with Crippen LogP contribution in [0.1, 0.15) is 51.9 Å². The molecular formula is C20H29O3-. The number of carbonyl (C=O) groups excluding carboxylic acids is 1. The van der Waals surface area contributed by atoms with Crippen LogP contribution >= 0.6 is 0 Å². The molecule has 0 aromatic rings. The van der Waals surface area contributed by atoms with Gasteiger partial charge in [-0.25, -0.2) is 0 Å². The lowest BCUT2D eigenvalue weighted by atomic mass is 10.2. The molecule has 0 rings (SSSR count). The molecule has 0 spiro atoms. The molecule has 0 radical (unpaired) electrons. The SMILES string of the molecule is CC/C=C\C/C=C\CC(O)/C=C/C=C\C/C=C\CCCC(=O)[O-]. The number of allylic oxidation sites excluding steroid dienone is 8. The lowest BCUT2D eigenvalue weighted by molar-refractivity contribution is -0.305. The molecule has 0 aliphatic rings. The van der Waals surface area contributed by atoms with E-state index in [1.165, 1.54) is 0 Å². The molecule has 0 aliphatic carbocycles. The van der Waals surface area contributed by atoms with E-state index in [9.17, 15) is 15.0 Å². The Labute approximate surface area is 140 Å². The number of aliphatic hydroxyl groups excluding tert-OH is 1. The van der Waals surface area contributed by atoms with Gasteiger partial charge >= 0.3 is 0 Å². The summed E-state index contributed by atoms with van der Waals surface area (Å²) in [6.07, 6.45) is 24.2. The lowest BCUT2D eigenvalue weighted by Crippen LogP contribution is -2.21. The Morgan fingerprint density at radius 1 is 1.00 bits per heavy atom. The predicted molar refractivity (Wildman–Crippen MR) is 94.7 cm³/mol. The molecule has 3 heteroatoms. The van der Waals surface area contributed by atoms with Crippen molar-refractivity contribution in [3.8, 4) is 0 Å². The van der Waals surface area contributed by atoms with Gasteiger partial charge in [-0.1, -0.05) is 67.7 Å². The zero-order chi connectivity index (χ0) is 17.2. The Bertz CT molecular complexity index is 428. The third-order valence-electron chi connectivity index (χ3n) is 2.99. The summed E-state index contributed by atoms with van der Waals surface area (Å²) >= 11 is 0. The monoisotopic (exact) mass is 317 g/mol.